The lowest BCUT2D eigenvalue weighted by Crippen LogP contribution is -2.40. The summed E-state index contributed by atoms with van der Waals surface area (Å²) < 4.78 is 27.7. The Morgan fingerprint density at radius 3 is 2.29 bits per heavy atom. The molecular weight excluding hydrogens is 455 g/mol. The number of benzene rings is 3. The molecule has 0 saturated heterocycles. The van der Waals surface area contributed by atoms with Crippen LogP contribution in [0, 0.1) is 6.92 Å². The Bertz CT molecular complexity index is 1150. The van der Waals surface area contributed by atoms with E-state index in [-0.39, 0.29) is 24.5 Å². The van der Waals surface area contributed by atoms with Crippen LogP contribution in [0.15, 0.2) is 77.7 Å². The van der Waals surface area contributed by atoms with Crippen LogP contribution < -0.4 is 5.32 Å². The smallest absolute Gasteiger partial charge is 0.243 e. The Morgan fingerprint density at radius 1 is 0.968 bits per heavy atom. The maximum absolute atomic E-state index is 13.3. The molecule has 0 fully saturated rings. The van der Waals surface area contributed by atoms with Gasteiger partial charge in [-0.25, -0.2) is 8.42 Å². The number of carbonyl (C=O) groups is 1. The Morgan fingerprint density at radius 2 is 1.65 bits per heavy atom. The van der Waals surface area contributed by atoms with Gasteiger partial charge < -0.3 is 5.32 Å². The van der Waals surface area contributed by atoms with Gasteiger partial charge >= 0.3 is 0 Å². The highest BCUT2D eigenvalue weighted by Gasteiger charge is 2.27. The summed E-state index contributed by atoms with van der Waals surface area (Å²) in [6, 6.07) is 20.7. The molecule has 1 amide bonds. The first kappa shape index (κ1) is 23.3. The molecule has 0 heterocycles. The fourth-order valence-corrected chi connectivity index (χ4v) is 4.81. The van der Waals surface area contributed by atoms with Gasteiger partial charge in [0.15, 0.2) is 0 Å². The van der Waals surface area contributed by atoms with Crippen LogP contribution in [0.2, 0.25) is 10.0 Å². The summed E-state index contributed by atoms with van der Waals surface area (Å²) in [6.45, 7) is 1.80. The van der Waals surface area contributed by atoms with Gasteiger partial charge in [0, 0.05) is 23.1 Å². The predicted molar refractivity (Wildman–Crippen MR) is 124 cm³/mol. The van der Waals surface area contributed by atoms with E-state index in [0.717, 1.165) is 11.1 Å². The summed E-state index contributed by atoms with van der Waals surface area (Å²) in [5, 5.41) is 3.67. The number of aryl methyl sites for hydroxylation is 1. The number of nitrogens with one attached hydrogen (secondary N) is 1. The van der Waals surface area contributed by atoms with Crippen LogP contribution in [0.1, 0.15) is 16.7 Å². The van der Waals surface area contributed by atoms with Crippen molar-refractivity contribution in [3.05, 3.63) is 99.5 Å². The second-order valence-electron chi connectivity index (χ2n) is 7.08. The van der Waals surface area contributed by atoms with Crippen molar-refractivity contribution in [2.24, 2.45) is 0 Å². The summed E-state index contributed by atoms with van der Waals surface area (Å²) in [5.74, 6) is -0.433. The highest BCUT2D eigenvalue weighted by atomic mass is 35.5. The minimum Gasteiger partial charge on any atom is -0.351 e. The maximum atomic E-state index is 13.3. The predicted octanol–water partition coefficient (Wildman–Crippen LogP) is 4.81. The molecule has 0 spiro atoms. The number of amides is 1. The molecule has 0 aromatic heterocycles. The minimum atomic E-state index is -3.88. The lowest BCUT2D eigenvalue weighted by atomic mass is 10.2. The molecule has 8 heteroatoms. The number of halogens is 2. The molecule has 0 atom stereocenters. The number of hydrogen-bond acceptors (Lipinski definition) is 3. The van der Waals surface area contributed by atoms with E-state index in [1.54, 1.807) is 42.5 Å². The van der Waals surface area contributed by atoms with Gasteiger partial charge in [0.05, 0.1) is 11.4 Å². The van der Waals surface area contributed by atoms with E-state index in [2.05, 4.69) is 5.32 Å². The third-order valence-corrected chi connectivity index (χ3v) is 7.06. The molecule has 0 saturated carbocycles. The van der Waals surface area contributed by atoms with Crippen molar-refractivity contribution in [3.8, 4) is 0 Å². The van der Waals surface area contributed by atoms with Gasteiger partial charge in [-0.2, -0.15) is 4.31 Å². The quantitative estimate of drug-likeness (QED) is 0.507. The largest absolute Gasteiger partial charge is 0.351 e. The van der Waals surface area contributed by atoms with Crippen molar-refractivity contribution in [2.75, 3.05) is 6.54 Å². The molecule has 5 nitrogen and oxygen atoms in total. The average molecular weight is 477 g/mol. The topological polar surface area (TPSA) is 66.5 Å². The highest BCUT2D eigenvalue weighted by Crippen LogP contribution is 2.21. The summed E-state index contributed by atoms with van der Waals surface area (Å²) in [6.07, 6.45) is 0. The fourth-order valence-electron chi connectivity index (χ4n) is 2.95. The lowest BCUT2D eigenvalue weighted by Gasteiger charge is -2.22. The Kier molecular flexibility index (Phi) is 7.73. The third-order valence-electron chi connectivity index (χ3n) is 4.67. The van der Waals surface area contributed by atoms with Crippen LogP contribution in [-0.2, 0) is 27.9 Å². The first-order valence-electron chi connectivity index (χ1n) is 9.57. The Labute approximate surface area is 192 Å². The molecule has 0 aliphatic rings. The van der Waals surface area contributed by atoms with Crippen LogP contribution in [-0.4, -0.2) is 25.2 Å². The average Bonchev–Trinajstić information content (AvgIpc) is 2.74. The number of rotatable bonds is 8. The van der Waals surface area contributed by atoms with E-state index in [1.807, 2.05) is 37.3 Å². The second-order valence-corrected chi connectivity index (χ2v) is 9.87. The zero-order valence-corrected chi connectivity index (χ0v) is 19.2. The lowest BCUT2D eigenvalue weighted by molar-refractivity contribution is -0.121. The van der Waals surface area contributed by atoms with Gasteiger partial charge in [-0.05, 0) is 42.3 Å². The summed E-state index contributed by atoms with van der Waals surface area (Å²) in [7, 11) is -3.88. The molecule has 0 radical (unpaired) electrons. The molecule has 0 aliphatic heterocycles. The van der Waals surface area contributed by atoms with Crippen molar-refractivity contribution >= 4 is 39.1 Å². The minimum absolute atomic E-state index is 0.0756. The van der Waals surface area contributed by atoms with E-state index >= 15 is 0 Å². The molecule has 3 rings (SSSR count). The zero-order valence-electron chi connectivity index (χ0n) is 16.9. The van der Waals surface area contributed by atoms with Gasteiger partial charge in [-0.15, -0.1) is 0 Å². The molecule has 3 aromatic rings. The zero-order chi connectivity index (χ0) is 22.4. The van der Waals surface area contributed by atoms with Crippen LogP contribution in [0.5, 0.6) is 0 Å². The van der Waals surface area contributed by atoms with Crippen molar-refractivity contribution < 1.29 is 13.2 Å². The van der Waals surface area contributed by atoms with Crippen LogP contribution in [0.25, 0.3) is 0 Å². The summed E-state index contributed by atoms with van der Waals surface area (Å²) in [5.41, 5.74) is 2.42. The van der Waals surface area contributed by atoms with E-state index in [4.69, 9.17) is 23.2 Å². The van der Waals surface area contributed by atoms with Crippen molar-refractivity contribution in [2.45, 2.75) is 24.9 Å². The van der Waals surface area contributed by atoms with Crippen molar-refractivity contribution in [1.82, 2.24) is 9.62 Å². The first-order valence-corrected chi connectivity index (χ1v) is 11.8. The van der Waals surface area contributed by atoms with Crippen molar-refractivity contribution in [3.63, 3.8) is 0 Å². The highest BCUT2D eigenvalue weighted by molar-refractivity contribution is 7.89. The van der Waals surface area contributed by atoms with Crippen molar-refractivity contribution in [1.29, 1.82) is 0 Å². The number of sulfonamides is 1. The Balaban J connectivity index is 1.79. The molecular formula is C23H22Cl2N2O3S. The molecule has 31 heavy (non-hydrogen) atoms. The monoisotopic (exact) mass is 476 g/mol. The van der Waals surface area contributed by atoms with E-state index in [9.17, 15) is 13.2 Å². The van der Waals surface area contributed by atoms with Gasteiger partial charge in [0.25, 0.3) is 0 Å². The number of hydrogen-bond donors (Lipinski definition) is 1. The molecule has 162 valence electrons. The standard InChI is InChI=1S/C23H22Cl2N2O3S/c1-17-7-11-21(12-8-17)31(29,30)27(15-18-5-3-2-4-6-18)16-23(28)26-14-19-9-10-20(24)13-22(19)25/h2-13H,14-16H2,1H3,(H,26,28). The molecule has 0 bridgehead atoms. The van der Waals surface area contributed by atoms with Gasteiger partial charge in [-0.1, -0.05) is 77.3 Å². The maximum Gasteiger partial charge on any atom is 0.243 e. The third kappa shape index (κ3) is 6.31. The SMILES string of the molecule is Cc1ccc(S(=O)(=O)N(CC(=O)NCc2ccc(Cl)cc2Cl)Cc2ccccc2)cc1. The molecule has 1 N–H and O–H groups in total. The molecule has 0 unspecified atom stereocenters. The molecule has 3 aromatic carbocycles. The van der Waals surface area contributed by atoms with Crippen LogP contribution >= 0.6 is 23.2 Å². The number of nitrogens with zero attached hydrogens (tertiary/aromatic N) is 1. The fraction of sp³-hybridized carbons (Fsp3) is 0.174. The van der Waals surface area contributed by atoms with Crippen LogP contribution in [0.4, 0.5) is 0 Å². The summed E-state index contributed by atoms with van der Waals surface area (Å²) in [4.78, 5) is 12.8. The number of carbonyl (C=O) groups excluding carboxylic acids is 1. The van der Waals surface area contributed by atoms with E-state index in [0.29, 0.717) is 15.6 Å². The molecule has 0 aliphatic carbocycles. The Hall–Kier alpha value is -2.38. The van der Waals surface area contributed by atoms with E-state index < -0.39 is 15.9 Å². The normalized spacial score (nSPS) is 11.5. The van der Waals surface area contributed by atoms with E-state index in [1.165, 1.54) is 4.31 Å². The van der Waals surface area contributed by atoms with Gasteiger partial charge in [-0.3, -0.25) is 4.79 Å². The van der Waals surface area contributed by atoms with Gasteiger partial charge in [0.1, 0.15) is 0 Å². The van der Waals surface area contributed by atoms with Crippen LogP contribution in [0.3, 0.4) is 0 Å². The first-order chi connectivity index (χ1) is 14.8. The summed E-state index contributed by atoms with van der Waals surface area (Å²) >= 11 is 12.0. The van der Waals surface area contributed by atoms with Gasteiger partial charge in [0.2, 0.25) is 15.9 Å². The second kappa shape index (κ2) is 10.3.